The molecular formula is C15H15FO3. The average Bonchev–Trinajstić information content (AvgIpc) is 2.46. The molecule has 19 heavy (non-hydrogen) atoms. The van der Waals surface area contributed by atoms with Crippen LogP contribution in [0.2, 0.25) is 0 Å². The molecule has 4 heteroatoms. The molecule has 2 aromatic rings. The molecule has 0 amide bonds. The van der Waals surface area contributed by atoms with Crippen LogP contribution in [0.3, 0.4) is 0 Å². The smallest absolute Gasteiger partial charge is 0.129 e. The summed E-state index contributed by atoms with van der Waals surface area (Å²) in [5, 5.41) is 10.4. The van der Waals surface area contributed by atoms with Crippen molar-refractivity contribution in [2.75, 3.05) is 14.2 Å². The van der Waals surface area contributed by atoms with E-state index in [1.807, 2.05) is 0 Å². The van der Waals surface area contributed by atoms with Crippen molar-refractivity contribution in [2.24, 2.45) is 0 Å². The lowest BCUT2D eigenvalue weighted by atomic mass is 9.99. The van der Waals surface area contributed by atoms with E-state index < -0.39 is 11.9 Å². The molecule has 1 unspecified atom stereocenters. The van der Waals surface area contributed by atoms with Gasteiger partial charge in [0.15, 0.2) is 0 Å². The molecule has 0 saturated carbocycles. The molecule has 0 aliphatic rings. The van der Waals surface area contributed by atoms with Gasteiger partial charge in [-0.2, -0.15) is 0 Å². The van der Waals surface area contributed by atoms with Crippen LogP contribution in [0.4, 0.5) is 4.39 Å². The summed E-state index contributed by atoms with van der Waals surface area (Å²) >= 11 is 0. The molecule has 0 bridgehead atoms. The summed E-state index contributed by atoms with van der Waals surface area (Å²) in [5.41, 5.74) is 0.600. The Hall–Kier alpha value is -2.07. The van der Waals surface area contributed by atoms with Gasteiger partial charge >= 0.3 is 0 Å². The highest BCUT2D eigenvalue weighted by Gasteiger charge is 2.22. The Bertz CT molecular complexity index is 547. The van der Waals surface area contributed by atoms with Gasteiger partial charge in [0, 0.05) is 5.56 Å². The van der Waals surface area contributed by atoms with Crippen LogP contribution < -0.4 is 9.47 Å². The van der Waals surface area contributed by atoms with Crippen molar-refractivity contribution >= 4 is 0 Å². The van der Waals surface area contributed by atoms with Gasteiger partial charge in [0.1, 0.15) is 23.4 Å². The third-order valence-electron chi connectivity index (χ3n) is 2.94. The largest absolute Gasteiger partial charge is 0.496 e. The van der Waals surface area contributed by atoms with Crippen LogP contribution >= 0.6 is 0 Å². The molecule has 0 heterocycles. The fourth-order valence-electron chi connectivity index (χ4n) is 2.00. The van der Waals surface area contributed by atoms with E-state index >= 15 is 0 Å². The number of halogens is 1. The summed E-state index contributed by atoms with van der Waals surface area (Å²) in [4.78, 5) is 0. The first-order valence-corrected chi connectivity index (χ1v) is 5.82. The van der Waals surface area contributed by atoms with Gasteiger partial charge in [0.2, 0.25) is 0 Å². The van der Waals surface area contributed by atoms with E-state index in [4.69, 9.17) is 9.47 Å². The van der Waals surface area contributed by atoms with Gasteiger partial charge in [-0.05, 0) is 18.2 Å². The average molecular weight is 262 g/mol. The van der Waals surface area contributed by atoms with Crippen LogP contribution in [-0.2, 0) is 0 Å². The lowest BCUT2D eigenvalue weighted by Crippen LogP contribution is -2.06. The maximum atomic E-state index is 13.8. The molecular weight excluding hydrogens is 247 g/mol. The zero-order chi connectivity index (χ0) is 13.8. The lowest BCUT2D eigenvalue weighted by molar-refractivity contribution is 0.204. The SMILES string of the molecule is COc1cccc(OC)c1C(O)c1ccccc1F. The van der Waals surface area contributed by atoms with E-state index in [1.165, 1.54) is 26.4 Å². The first-order valence-electron chi connectivity index (χ1n) is 5.82. The quantitative estimate of drug-likeness (QED) is 0.920. The minimum absolute atomic E-state index is 0.185. The number of rotatable bonds is 4. The number of hydrogen-bond donors (Lipinski definition) is 1. The minimum atomic E-state index is -1.15. The molecule has 2 rings (SSSR count). The van der Waals surface area contributed by atoms with Crippen molar-refractivity contribution in [1.29, 1.82) is 0 Å². The molecule has 0 aliphatic carbocycles. The molecule has 100 valence electrons. The highest BCUT2D eigenvalue weighted by molar-refractivity contribution is 5.49. The van der Waals surface area contributed by atoms with Crippen molar-refractivity contribution in [2.45, 2.75) is 6.10 Å². The Morgan fingerprint density at radius 1 is 0.947 bits per heavy atom. The maximum Gasteiger partial charge on any atom is 0.129 e. The van der Waals surface area contributed by atoms with Crippen molar-refractivity contribution < 1.29 is 19.0 Å². The van der Waals surface area contributed by atoms with E-state index in [1.54, 1.807) is 30.3 Å². The normalized spacial score (nSPS) is 12.0. The first kappa shape index (κ1) is 13.4. The van der Waals surface area contributed by atoms with Gasteiger partial charge in [0.05, 0.1) is 19.8 Å². The molecule has 3 nitrogen and oxygen atoms in total. The van der Waals surface area contributed by atoms with E-state index in [0.717, 1.165) is 0 Å². The molecule has 0 saturated heterocycles. The van der Waals surface area contributed by atoms with E-state index in [9.17, 15) is 9.50 Å². The van der Waals surface area contributed by atoms with Crippen LogP contribution in [0, 0.1) is 5.82 Å². The van der Waals surface area contributed by atoms with Crippen LogP contribution in [0.15, 0.2) is 42.5 Å². The summed E-state index contributed by atoms with van der Waals surface area (Å²) in [6.45, 7) is 0. The summed E-state index contributed by atoms with van der Waals surface area (Å²) in [6, 6.07) is 11.2. The third kappa shape index (κ3) is 2.53. The van der Waals surface area contributed by atoms with Gasteiger partial charge < -0.3 is 14.6 Å². The minimum Gasteiger partial charge on any atom is -0.496 e. The van der Waals surface area contributed by atoms with Crippen LogP contribution in [0.25, 0.3) is 0 Å². The molecule has 0 spiro atoms. The van der Waals surface area contributed by atoms with Crippen molar-refractivity contribution in [1.82, 2.24) is 0 Å². The zero-order valence-electron chi connectivity index (χ0n) is 10.8. The number of aliphatic hydroxyl groups excluding tert-OH is 1. The van der Waals surface area contributed by atoms with E-state index in [2.05, 4.69) is 0 Å². The maximum absolute atomic E-state index is 13.8. The molecule has 0 radical (unpaired) electrons. The Kier molecular flexibility index (Phi) is 4.02. The number of aliphatic hydroxyl groups is 1. The summed E-state index contributed by atoms with van der Waals surface area (Å²) in [7, 11) is 2.98. The molecule has 1 N–H and O–H groups in total. The monoisotopic (exact) mass is 262 g/mol. The van der Waals surface area contributed by atoms with Gasteiger partial charge in [0.25, 0.3) is 0 Å². The van der Waals surface area contributed by atoms with E-state index in [0.29, 0.717) is 17.1 Å². The van der Waals surface area contributed by atoms with Gasteiger partial charge in [-0.1, -0.05) is 24.3 Å². The van der Waals surface area contributed by atoms with E-state index in [-0.39, 0.29) is 5.56 Å². The molecule has 1 atom stereocenters. The van der Waals surface area contributed by atoms with Crippen molar-refractivity contribution in [3.05, 3.63) is 59.4 Å². The number of benzene rings is 2. The van der Waals surface area contributed by atoms with Crippen LogP contribution in [-0.4, -0.2) is 19.3 Å². The Labute approximate surface area is 111 Å². The zero-order valence-corrected chi connectivity index (χ0v) is 10.8. The van der Waals surface area contributed by atoms with Gasteiger partial charge in [-0.15, -0.1) is 0 Å². The molecule has 0 aromatic heterocycles. The summed E-state index contributed by atoms with van der Waals surface area (Å²) in [5.74, 6) is 0.438. The fourth-order valence-corrected chi connectivity index (χ4v) is 2.00. The number of ether oxygens (including phenoxy) is 2. The highest BCUT2D eigenvalue weighted by atomic mass is 19.1. The first-order chi connectivity index (χ1) is 9.19. The van der Waals surface area contributed by atoms with Crippen LogP contribution in [0.5, 0.6) is 11.5 Å². The highest BCUT2D eigenvalue weighted by Crippen LogP contribution is 2.37. The topological polar surface area (TPSA) is 38.7 Å². The molecule has 0 aliphatic heterocycles. The van der Waals surface area contributed by atoms with Gasteiger partial charge in [-0.25, -0.2) is 4.39 Å². The third-order valence-corrected chi connectivity index (χ3v) is 2.94. The molecule has 2 aromatic carbocycles. The van der Waals surface area contributed by atoms with Gasteiger partial charge in [-0.3, -0.25) is 0 Å². The second-order valence-electron chi connectivity index (χ2n) is 4.00. The summed E-state index contributed by atoms with van der Waals surface area (Å²) < 4.78 is 24.2. The fraction of sp³-hybridized carbons (Fsp3) is 0.200. The summed E-state index contributed by atoms with van der Waals surface area (Å²) in [6.07, 6.45) is -1.15. The van der Waals surface area contributed by atoms with Crippen molar-refractivity contribution in [3.8, 4) is 11.5 Å². The lowest BCUT2D eigenvalue weighted by Gasteiger charge is -2.18. The Morgan fingerprint density at radius 3 is 2.05 bits per heavy atom. The van der Waals surface area contributed by atoms with Crippen molar-refractivity contribution in [3.63, 3.8) is 0 Å². The second-order valence-corrected chi connectivity index (χ2v) is 4.00. The predicted octanol–water partition coefficient (Wildman–Crippen LogP) is 2.92. The Morgan fingerprint density at radius 2 is 1.53 bits per heavy atom. The second kappa shape index (κ2) is 5.71. The predicted molar refractivity (Wildman–Crippen MR) is 70.0 cm³/mol. The van der Waals surface area contributed by atoms with Crippen LogP contribution in [0.1, 0.15) is 17.2 Å². The number of hydrogen-bond acceptors (Lipinski definition) is 3. The molecule has 0 fully saturated rings. The standard InChI is InChI=1S/C15H15FO3/c1-18-12-8-5-9-13(19-2)14(12)15(17)10-6-3-4-7-11(10)16/h3-9,15,17H,1-2H3. The number of methoxy groups -OCH3 is 2. The Balaban J connectivity index is 2.55.